The monoisotopic (exact) mass is 540 g/mol. The Morgan fingerprint density at radius 3 is 2.08 bits per heavy atom. The van der Waals surface area contributed by atoms with Crippen LogP contribution in [0.4, 0.5) is 0 Å². The van der Waals surface area contributed by atoms with E-state index in [1.165, 1.54) is 44.3 Å². The molecule has 40 heavy (non-hydrogen) atoms. The molecule has 216 valence electrons. The van der Waals surface area contributed by atoms with Gasteiger partial charge < -0.3 is 19.4 Å². The van der Waals surface area contributed by atoms with Gasteiger partial charge in [-0.1, -0.05) is 61.9 Å². The number of aromatic amines is 1. The summed E-state index contributed by atoms with van der Waals surface area (Å²) < 4.78 is 2.63. The Morgan fingerprint density at radius 2 is 1.45 bits per heavy atom. The summed E-state index contributed by atoms with van der Waals surface area (Å²) >= 11 is 0. The van der Waals surface area contributed by atoms with Gasteiger partial charge in [0.1, 0.15) is 0 Å². The number of nitrogens with one attached hydrogen (secondary N) is 1. The van der Waals surface area contributed by atoms with Gasteiger partial charge in [0.2, 0.25) is 0 Å². The molecule has 4 heteroatoms. The van der Waals surface area contributed by atoms with E-state index < -0.39 is 0 Å². The van der Waals surface area contributed by atoms with Crippen LogP contribution >= 0.6 is 0 Å². The lowest BCUT2D eigenvalue weighted by molar-refractivity contribution is 0.413. The van der Waals surface area contributed by atoms with Crippen molar-refractivity contribution in [1.82, 2.24) is 19.4 Å². The molecule has 3 heterocycles. The zero-order valence-electron chi connectivity index (χ0n) is 26.6. The van der Waals surface area contributed by atoms with Gasteiger partial charge in [-0.05, 0) is 104 Å². The highest BCUT2D eigenvalue weighted by Crippen LogP contribution is 2.42. The van der Waals surface area contributed by atoms with E-state index in [0.29, 0.717) is 0 Å². The van der Waals surface area contributed by atoms with Crippen LogP contribution in [-0.4, -0.2) is 60.6 Å². The summed E-state index contributed by atoms with van der Waals surface area (Å²) in [6.07, 6.45) is 9.24. The molecule has 0 saturated carbocycles. The van der Waals surface area contributed by atoms with Gasteiger partial charge in [0.25, 0.3) is 0 Å². The van der Waals surface area contributed by atoms with Gasteiger partial charge >= 0.3 is 0 Å². The zero-order valence-corrected chi connectivity index (χ0v) is 26.6. The highest BCUT2D eigenvalue weighted by molar-refractivity contribution is 5.88. The normalized spacial score (nSPS) is 16.4. The van der Waals surface area contributed by atoms with Crippen molar-refractivity contribution in [3.8, 4) is 0 Å². The van der Waals surface area contributed by atoms with Crippen molar-refractivity contribution in [3.05, 3.63) is 89.3 Å². The van der Waals surface area contributed by atoms with Crippen LogP contribution in [0.5, 0.6) is 0 Å². The molecule has 0 spiro atoms. The van der Waals surface area contributed by atoms with Crippen molar-refractivity contribution >= 4 is 27.9 Å². The fourth-order valence-corrected chi connectivity index (χ4v) is 5.69. The third kappa shape index (κ3) is 7.16. The number of H-pyrrole nitrogens is 1. The molecule has 0 bridgehead atoms. The van der Waals surface area contributed by atoms with Gasteiger partial charge in [-0.2, -0.15) is 0 Å². The SMILES string of the molecule is C=C(C)C.CC.CN(C)CCc1c(/C=C/[C@@]2(C)CCc3c(CCN(C)C)c4ccccc4n32)[nH]c2ccccc12. The summed E-state index contributed by atoms with van der Waals surface area (Å²) in [5.74, 6) is 0. The Labute approximate surface area is 243 Å². The van der Waals surface area contributed by atoms with Gasteiger partial charge in [0.15, 0.2) is 0 Å². The topological polar surface area (TPSA) is 27.2 Å². The summed E-state index contributed by atoms with van der Waals surface area (Å²) in [5.41, 5.74) is 9.49. The van der Waals surface area contributed by atoms with E-state index in [1.807, 2.05) is 27.7 Å². The van der Waals surface area contributed by atoms with Gasteiger partial charge in [-0.15, -0.1) is 6.58 Å². The van der Waals surface area contributed by atoms with Crippen LogP contribution in [0.15, 0.2) is 66.8 Å². The van der Waals surface area contributed by atoms with Crippen LogP contribution in [0, 0.1) is 0 Å². The van der Waals surface area contributed by atoms with Crippen molar-refractivity contribution in [2.75, 3.05) is 41.3 Å². The Bertz CT molecular complexity index is 1430. The average Bonchev–Trinajstić information content (AvgIpc) is 3.55. The quantitative estimate of drug-likeness (QED) is 0.228. The van der Waals surface area contributed by atoms with E-state index in [0.717, 1.165) is 38.8 Å². The minimum Gasteiger partial charge on any atom is -0.355 e. The number of rotatable bonds is 8. The third-order valence-electron chi connectivity index (χ3n) is 7.54. The summed E-state index contributed by atoms with van der Waals surface area (Å²) in [7, 11) is 8.63. The smallest absolute Gasteiger partial charge is 0.0610 e. The molecule has 0 radical (unpaired) electrons. The third-order valence-corrected chi connectivity index (χ3v) is 7.54. The number of hydrogen-bond acceptors (Lipinski definition) is 2. The van der Waals surface area contributed by atoms with Crippen LogP contribution in [0.2, 0.25) is 0 Å². The lowest BCUT2D eigenvalue weighted by Gasteiger charge is -2.24. The number of para-hydroxylation sites is 2. The van der Waals surface area contributed by atoms with Gasteiger partial charge in [-0.25, -0.2) is 0 Å². The maximum atomic E-state index is 3.71. The number of hydrogen-bond donors (Lipinski definition) is 1. The van der Waals surface area contributed by atoms with Gasteiger partial charge in [-0.3, -0.25) is 0 Å². The molecule has 0 aliphatic carbocycles. The highest BCUT2D eigenvalue weighted by Gasteiger charge is 2.35. The van der Waals surface area contributed by atoms with E-state index >= 15 is 0 Å². The van der Waals surface area contributed by atoms with Crippen LogP contribution in [0.1, 0.15) is 63.6 Å². The van der Waals surface area contributed by atoms with Crippen molar-refractivity contribution in [3.63, 3.8) is 0 Å². The molecular weight excluding hydrogens is 488 g/mol. The minimum atomic E-state index is -0.0264. The number of fused-ring (bicyclic) bond motifs is 4. The second-order valence-corrected chi connectivity index (χ2v) is 11.8. The number of allylic oxidation sites excluding steroid dienone is 2. The van der Waals surface area contributed by atoms with Gasteiger partial charge in [0, 0.05) is 46.3 Å². The largest absolute Gasteiger partial charge is 0.355 e. The van der Waals surface area contributed by atoms with Crippen LogP contribution < -0.4 is 0 Å². The first-order valence-electron chi connectivity index (χ1n) is 14.9. The summed E-state index contributed by atoms with van der Waals surface area (Å²) in [4.78, 5) is 8.26. The molecule has 2 aromatic carbocycles. The highest BCUT2D eigenvalue weighted by atomic mass is 15.1. The van der Waals surface area contributed by atoms with Crippen molar-refractivity contribution in [2.45, 2.75) is 65.8 Å². The molecular formula is C36H52N4. The molecule has 1 aliphatic heterocycles. The lowest BCUT2D eigenvalue weighted by atomic mass is 9.95. The lowest BCUT2D eigenvalue weighted by Crippen LogP contribution is -2.23. The summed E-state index contributed by atoms with van der Waals surface area (Å²) in [6, 6.07) is 17.7. The molecule has 4 nitrogen and oxygen atoms in total. The molecule has 2 aromatic heterocycles. The summed E-state index contributed by atoms with van der Waals surface area (Å²) in [6.45, 7) is 16.0. The molecule has 0 amide bonds. The van der Waals surface area contributed by atoms with E-state index in [1.54, 1.807) is 5.56 Å². The van der Waals surface area contributed by atoms with Crippen LogP contribution in [0.3, 0.4) is 0 Å². The molecule has 0 saturated heterocycles. The Kier molecular flexibility index (Phi) is 11.0. The fraction of sp³-hybridized carbons (Fsp3) is 0.444. The number of aromatic nitrogens is 2. The van der Waals surface area contributed by atoms with E-state index in [2.05, 4.69) is 122 Å². The molecule has 5 rings (SSSR count). The maximum Gasteiger partial charge on any atom is 0.0610 e. The number of likely N-dealkylation sites (N-methyl/N-ethyl adjacent to an activating group) is 2. The van der Waals surface area contributed by atoms with Crippen LogP contribution in [-0.2, 0) is 24.8 Å². The molecule has 1 aliphatic rings. The number of nitrogens with zero attached hydrogens (tertiary/aromatic N) is 3. The van der Waals surface area contributed by atoms with E-state index in [4.69, 9.17) is 0 Å². The standard InChI is InChI=1S/C30H38N4.C4H8.C2H6/c1-30(18-14-27-23(16-20-32(2)3)22-10-6-8-12-26(22)31-27)19-15-29-25(17-21-33(4)5)24-11-7-9-13-28(24)34(29)30;1-4(2)3;1-2/h6-14,18,31H,15-17,19-21H2,1-5H3;1H2,2-3H3;1-2H3/b18-14+;;/t30-;;/m0../s1. The van der Waals surface area contributed by atoms with E-state index in [-0.39, 0.29) is 5.54 Å². The molecule has 4 aromatic rings. The Balaban J connectivity index is 0.000000677. The number of benzene rings is 2. The molecule has 0 fully saturated rings. The molecule has 1 N–H and O–H groups in total. The summed E-state index contributed by atoms with van der Waals surface area (Å²) in [5, 5.41) is 2.77. The fourth-order valence-electron chi connectivity index (χ4n) is 5.69. The second kappa shape index (κ2) is 14.0. The van der Waals surface area contributed by atoms with Gasteiger partial charge in [0.05, 0.1) is 5.54 Å². The molecule has 0 unspecified atom stereocenters. The van der Waals surface area contributed by atoms with E-state index in [9.17, 15) is 0 Å². The predicted octanol–water partition coefficient (Wildman–Crippen LogP) is 8.31. The maximum absolute atomic E-state index is 3.71. The first-order valence-corrected chi connectivity index (χ1v) is 14.9. The van der Waals surface area contributed by atoms with Crippen molar-refractivity contribution in [1.29, 1.82) is 0 Å². The molecule has 1 atom stereocenters. The average molecular weight is 541 g/mol. The predicted molar refractivity (Wildman–Crippen MR) is 178 cm³/mol. The second-order valence-electron chi connectivity index (χ2n) is 11.8. The first kappa shape index (κ1) is 31.4. The Morgan fingerprint density at radius 1 is 0.900 bits per heavy atom. The Hall–Kier alpha value is -3.08. The van der Waals surface area contributed by atoms with Crippen LogP contribution in [0.25, 0.3) is 27.9 Å². The zero-order chi connectivity index (χ0) is 29.4. The first-order chi connectivity index (χ1) is 19.1. The van der Waals surface area contributed by atoms with Crippen molar-refractivity contribution in [2.24, 2.45) is 0 Å². The van der Waals surface area contributed by atoms with Crippen molar-refractivity contribution < 1.29 is 0 Å². The minimum absolute atomic E-state index is 0.0264.